The van der Waals surface area contributed by atoms with Gasteiger partial charge in [0.25, 0.3) is 5.91 Å². The average molecular weight is 453 g/mol. The lowest BCUT2D eigenvalue weighted by molar-refractivity contribution is -0.123. The van der Waals surface area contributed by atoms with Gasteiger partial charge in [0.1, 0.15) is 18.1 Å². The SMILES string of the molecule is Cc1ccc(COc2ccc(/C=N\NC(=O)COc3ccc(Br)cc3)cc2)cc1. The van der Waals surface area contributed by atoms with Crippen LogP contribution in [-0.2, 0) is 11.4 Å². The van der Waals surface area contributed by atoms with Gasteiger partial charge in [-0.3, -0.25) is 4.79 Å². The molecule has 1 amide bonds. The van der Waals surface area contributed by atoms with Crippen LogP contribution in [-0.4, -0.2) is 18.7 Å². The molecular formula is C23H21BrN2O3. The Balaban J connectivity index is 1.41. The van der Waals surface area contributed by atoms with Gasteiger partial charge in [-0.05, 0) is 66.6 Å². The highest BCUT2D eigenvalue weighted by Gasteiger charge is 2.01. The van der Waals surface area contributed by atoms with Gasteiger partial charge in [0.2, 0.25) is 0 Å². The van der Waals surface area contributed by atoms with E-state index in [-0.39, 0.29) is 12.5 Å². The van der Waals surface area contributed by atoms with Gasteiger partial charge in [-0.15, -0.1) is 0 Å². The summed E-state index contributed by atoms with van der Waals surface area (Å²) in [5, 5.41) is 3.95. The van der Waals surface area contributed by atoms with E-state index in [2.05, 4.69) is 57.6 Å². The Labute approximate surface area is 178 Å². The Kier molecular flexibility index (Phi) is 7.41. The maximum atomic E-state index is 11.8. The molecule has 3 rings (SSSR count). The van der Waals surface area contributed by atoms with Crippen LogP contribution in [0.5, 0.6) is 11.5 Å². The molecule has 3 aromatic carbocycles. The summed E-state index contributed by atoms with van der Waals surface area (Å²) in [4.78, 5) is 11.8. The molecule has 0 saturated carbocycles. The van der Waals surface area contributed by atoms with Crippen molar-refractivity contribution >= 4 is 28.1 Å². The normalized spacial score (nSPS) is 10.7. The quantitative estimate of drug-likeness (QED) is 0.391. The van der Waals surface area contributed by atoms with Crippen LogP contribution in [0.4, 0.5) is 0 Å². The topological polar surface area (TPSA) is 59.9 Å². The van der Waals surface area contributed by atoms with E-state index in [9.17, 15) is 4.79 Å². The minimum Gasteiger partial charge on any atom is -0.489 e. The fraction of sp³-hybridized carbons (Fsp3) is 0.130. The number of carbonyl (C=O) groups excluding carboxylic acids is 1. The van der Waals surface area contributed by atoms with Gasteiger partial charge >= 0.3 is 0 Å². The van der Waals surface area contributed by atoms with E-state index in [4.69, 9.17) is 9.47 Å². The van der Waals surface area contributed by atoms with Crippen molar-refractivity contribution in [2.24, 2.45) is 5.10 Å². The molecule has 0 aliphatic carbocycles. The lowest BCUT2D eigenvalue weighted by Crippen LogP contribution is -2.24. The number of benzene rings is 3. The van der Waals surface area contributed by atoms with Gasteiger partial charge < -0.3 is 9.47 Å². The summed E-state index contributed by atoms with van der Waals surface area (Å²) >= 11 is 3.35. The standard InChI is InChI=1S/C23H21BrN2O3/c1-17-2-4-19(5-3-17)15-28-21-10-6-18(7-11-21)14-25-26-23(27)16-29-22-12-8-20(24)9-13-22/h2-14H,15-16H2,1H3,(H,26,27)/b25-14-. The third-order valence-corrected chi connectivity index (χ3v) is 4.52. The Morgan fingerprint density at radius 1 is 0.931 bits per heavy atom. The number of rotatable bonds is 8. The second-order valence-corrected chi connectivity index (χ2v) is 7.29. The molecule has 3 aromatic rings. The second kappa shape index (κ2) is 10.4. The maximum Gasteiger partial charge on any atom is 0.277 e. The van der Waals surface area contributed by atoms with Crippen LogP contribution in [0.15, 0.2) is 82.4 Å². The van der Waals surface area contributed by atoms with Crippen LogP contribution >= 0.6 is 15.9 Å². The van der Waals surface area contributed by atoms with Crippen molar-refractivity contribution in [2.45, 2.75) is 13.5 Å². The van der Waals surface area contributed by atoms with Crippen LogP contribution in [0.3, 0.4) is 0 Å². The molecule has 0 heterocycles. The number of nitrogens with zero attached hydrogens (tertiary/aromatic N) is 1. The number of nitrogens with one attached hydrogen (secondary N) is 1. The predicted octanol–water partition coefficient (Wildman–Crippen LogP) is 4.87. The lowest BCUT2D eigenvalue weighted by atomic mass is 10.2. The van der Waals surface area contributed by atoms with Gasteiger partial charge in [0.15, 0.2) is 6.61 Å². The van der Waals surface area contributed by atoms with E-state index in [1.165, 1.54) is 5.56 Å². The van der Waals surface area contributed by atoms with Gasteiger partial charge in [-0.2, -0.15) is 5.10 Å². The Bertz CT molecular complexity index is 953. The van der Waals surface area contributed by atoms with Crippen molar-refractivity contribution in [3.05, 3.63) is 94.0 Å². The summed E-state index contributed by atoms with van der Waals surface area (Å²) in [6.45, 7) is 2.47. The predicted molar refractivity (Wildman–Crippen MR) is 117 cm³/mol. The van der Waals surface area contributed by atoms with E-state index in [0.29, 0.717) is 12.4 Å². The number of hydrogen-bond donors (Lipinski definition) is 1. The monoisotopic (exact) mass is 452 g/mol. The number of halogens is 1. The minimum absolute atomic E-state index is 0.106. The highest BCUT2D eigenvalue weighted by atomic mass is 79.9. The van der Waals surface area contributed by atoms with Crippen LogP contribution in [0.25, 0.3) is 0 Å². The summed E-state index contributed by atoms with van der Waals surface area (Å²) < 4.78 is 12.1. The third kappa shape index (κ3) is 7.08. The highest BCUT2D eigenvalue weighted by Crippen LogP contribution is 2.16. The van der Waals surface area contributed by atoms with E-state index in [1.54, 1.807) is 18.3 Å². The van der Waals surface area contributed by atoms with Gasteiger partial charge in [-0.25, -0.2) is 5.43 Å². The first-order valence-corrected chi connectivity index (χ1v) is 9.86. The van der Waals surface area contributed by atoms with Crippen molar-refractivity contribution in [2.75, 3.05) is 6.61 Å². The summed E-state index contributed by atoms with van der Waals surface area (Å²) in [6.07, 6.45) is 1.57. The van der Waals surface area contributed by atoms with Crippen LogP contribution in [0.2, 0.25) is 0 Å². The molecular weight excluding hydrogens is 432 g/mol. The number of ether oxygens (including phenoxy) is 2. The van der Waals surface area contributed by atoms with Gasteiger partial charge in [0.05, 0.1) is 6.21 Å². The molecule has 148 valence electrons. The number of hydrazone groups is 1. The fourth-order valence-corrected chi connectivity index (χ4v) is 2.66. The summed E-state index contributed by atoms with van der Waals surface area (Å²) in [7, 11) is 0. The molecule has 0 spiro atoms. The molecule has 0 bridgehead atoms. The molecule has 0 aliphatic heterocycles. The number of amides is 1. The largest absolute Gasteiger partial charge is 0.489 e. The van der Waals surface area contributed by atoms with Crippen molar-refractivity contribution in [3.63, 3.8) is 0 Å². The summed E-state index contributed by atoms with van der Waals surface area (Å²) in [5.41, 5.74) is 5.64. The van der Waals surface area contributed by atoms with Crippen LogP contribution < -0.4 is 14.9 Å². The number of carbonyl (C=O) groups is 1. The molecule has 0 radical (unpaired) electrons. The van der Waals surface area contributed by atoms with E-state index in [1.807, 2.05) is 36.4 Å². The Hall–Kier alpha value is -3.12. The minimum atomic E-state index is -0.331. The van der Waals surface area contributed by atoms with Crippen LogP contribution in [0, 0.1) is 6.92 Å². The summed E-state index contributed by atoms with van der Waals surface area (Å²) in [5.74, 6) is 1.06. The molecule has 6 heteroatoms. The molecule has 1 N–H and O–H groups in total. The van der Waals surface area contributed by atoms with E-state index in [0.717, 1.165) is 21.3 Å². The van der Waals surface area contributed by atoms with Gasteiger partial charge in [0, 0.05) is 4.47 Å². The van der Waals surface area contributed by atoms with Crippen LogP contribution in [0.1, 0.15) is 16.7 Å². The fourth-order valence-electron chi connectivity index (χ4n) is 2.39. The average Bonchev–Trinajstić information content (AvgIpc) is 2.74. The molecule has 0 atom stereocenters. The molecule has 0 aromatic heterocycles. The smallest absolute Gasteiger partial charge is 0.277 e. The first-order chi connectivity index (χ1) is 14.1. The second-order valence-electron chi connectivity index (χ2n) is 6.38. The molecule has 0 fully saturated rings. The van der Waals surface area contributed by atoms with Crippen molar-refractivity contribution in [3.8, 4) is 11.5 Å². The Morgan fingerprint density at radius 3 is 2.24 bits per heavy atom. The highest BCUT2D eigenvalue weighted by molar-refractivity contribution is 9.10. The van der Waals surface area contributed by atoms with Crippen molar-refractivity contribution < 1.29 is 14.3 Å². The van der Waals surface area contributed by atoms with Crippen molar-refractivity contribution in [1.82, 2.24) is 5.43 Å². The maximum absolute atomic E-state index is 11.8. The van der Waals surface area contributed by atoms with Gasteiger partial charge in [-0.1, -0.05) is 45.8 Å². The zero-order chi connectivity index (χ0) is 20.5. The van der Waals surface area contributed by atoms with E-state index >= 15 is 0 Å². The number of hydrogen-bond acceptors (Lipinski definition) is 4. The zero-order valence-corrected chi connectivity index (χ0v) is 17.6. The molecule has 0 saturated heterocycles. The summed E-state index contributed by atoms with van der Waals surface area (Å²) in [6, 6.07) is 23.0. The third-order valence-electron chi connectivity index (χ3n) is 3.99. The van der Waals surface area contributed by atoms with Crippen molar-refractivity contribution in [1.29, 1.82) is 0 Å². The first-order valence-electron chi connectivity index (χ1n) is 9.07. The number of aryl methyl sites for hydroxylation is 1. The van der Waals surface area contributed by atoms with E-state index < -0.39 is 0 Å². The molecule has 0 aliphatic rings. The first kappa shape index (κ1) is 20.6. The lowest BCUT2D eigenvalue weighted by Gasteiger charge is -2.07. The molecule has 0 unspecified atom stereocenters. The molecule has 29 heavy (non-hydrogen) atoms. The molecule has 5 nitrogen and oxygen atoms in total. The Morgan fingerprint density at radius 2 is 1.55 bits per heavy atom. The zero-order valence-electron chi connectivity index (χ0n) is 16.0.